The Bertz CT molecular complexity index is 677. The number of amides is 1. The van der Waals surface area contributed by atoms with Gasteiger partial charge in [0.25, 0.3) is 0 Å². The molecular weight excluding hydrogens is 338 g/mol. The van der Waals surface area contributed by atoms with Gasteiger partial charge in [0, 0.05) is 11.4 Å². The number of carbonyl (C=O) groups excluding carboxylic acids is 1. The van der Waals surface area contributed by atoms with Crippen LogP contribution in [0.25, 0.3) is 0 Å². The van der Waals surface area contributed by atoms with Gasteiger partial charge in [-0.3, -0.25) is 9.59 Å². The molecule has 2 N–H and O–H groups in total. The van der Waals surface area contributed by atoms with Gasteiger partial charge in [-0.15, -0.1) is 11.8 Å². The van der Waals surface area contributed by atoms with Crippen molar-refractivity contribution in [3.8, 4) is 0 Å². The minimum atomic E-state index is -3.53. The minimum Gasteiger partial charge on any atom is -0.481 e. The van der Waals surface area contributed by atoms with E-state index in [4.69, 9.17) is 5.11 Å². The fraction of sp³-hybridized carbons (Fsp3) is 0.467. The zero-order chi connectivity index (χ0) is 17.7. The molecule has 1 aromatic rings. The van der Waals surface area contributed by atoms with E-state index in [2.05, 4.69) is 5.32 Å². The van der Waals surface area contributed by atoms with Gasteiger partial charge in [-0.05, 0) is 38.5 Å². The standard InChI is InChI=1S/C15H21NO5S2/c1-15(2,3)23(20,21)10-13(17)16-12-6-4-5-11(7-12)8-22-9-14(18)19/h4-7H,8-10H2,1-3H3,(H,16,17)(H,18,19). The molecule has 0 unspecified atom stereocenters. The van der Waals surface area contributed by atoms with E-state index in [0.29, 0.717) is 11.4 Å². The van der Waals surface area contributed by atoms with Crippen LogP contribution in [-0.2, 0) is 25.2 Å². The quantitative estimate of drug-likeness (QED) is 0.774. The molecule has 0 aliphatic carbocycles. The topological polar surface area (TPSA) is 101 Å². The van der Waals surface area contributed by atoms with Crippen LogP contribution in [0.4, 0.5) is 5.69 Å². The third-order valence-corrected chi connectivity index (χ3v) is 6.46. The van der Waals surface area contributed by atoms with Crippen molar-refractivity contribution in [1.29, 1.82) is 0 Å². The molecule has 0 aliphatic heterocycles. The number of rotatable bonds is 7. The van der Waals surface area contributed by atoms with Crippen molar-refractivity contribution in [2.24, 2.45) is 0 Å². The van der Waals surface area contributed by atoms with Gasteiger partial charge in [-0.25, -0.2) is 8.42 Å². The summed E-state index contributed by atoms with van der Waals surface area (Å²) in [6, 6.07) is 6.91. The monoisotopic (exact) mass is 359 g/mol. The van der Waals surface area contributed by atoms with Crippen molar-refractivity contribution >= 4 is 39.2 Å². The summed E-state index contributed by atoms with van der Waals surface area (Å²) < 4.78 is 23.0. The number of carbonyl (C=O) groups is 2. The number of anilines is 1. The molecule has 23 heavy (non-hydrogen) atoms. The number of carboxylic acids is 1. The van der Waals surface area contributed by atoms with Crippen LogP contribution >= 0.6 is 11.8 Å². The third kappa shape index (κ3) is 6.62. The van der Waals surface area contributed by atoms with Crippen LogP contribution in [0.5, 0.6) is 0 Å². The van der Waals surface area contributed by atoms with Gasteiger partial charge in [-0.1, -0.05) is 12.1 Å². The van der Waals surface area contributed by atoms with Crippen LogP contribution in [0.3, 0.4) is 0 Å². The van der Waals surface area contributed by atoms with Gasteiger partial charge < -0.3 is 10.4 Å². The fourth-order valence-corrected chi connectivity index (χ4v) is 3.12. The smallest absolute Gasteiger partial charge is 0.313 e. The second kappa shape index (κ2) is 7.83. The zero-order valence-corrected chi connectivity index (χ0v) is 15.0. The molecule has 1 amide bonds. The molecular formula is C15H21NO5S2. The summed E-state index contributed by atoms with van der Waals surface area (Å²) in [5, 5.41) is 11.2. The summed E-state index contributed by atoms with van der Waals surface area (Å²) in [5.41, 5.74) is 1.35. The lowest BCUT2D eigenvalue weighted by molar-refractivity contribution is -0.133. The number of benzene rings is 1. The Morgan fingerprint density at radius 1 is 1.26 bits per heavy atom. The van der Waals surface area contributed by atoms with Crippen LogP contribution in [0.2, 0.25) is 0 Å². The molecule has 0 heterocycles. The molecule has 0 radical (unpaired) electrons. The van der Waals surface area contributed by atoms with E-state index >= 15 is 0 Å². The lowest BCUT2D eigenvalue weighted by Crippen LogP contribution is -2.35. The molecule has 0 spiro atoms. The van der Waals surface area contributed by atoms with E-state index in [9.17, 15) is 18.0 Å². The second-order valence-corrected chi connectivity index (χ2v) is 9.74. The molecule has 128 valence electrons. The first-order valence-corrected chi connectivity index (χ1v) is 9.72. The maximum Gasteiger partial charge on any atom is 0.313 e. The highest BCUT2D eigenvalue weighted by Gasteiger charge is 2.31. The highest BCUT2D eigenvalue weighted by Crippen LogP contribution is 2.18. The molecule has 0 saturated heterocycles. The van der Waals surface area contributed by atoms with Crippen LogP contribution in [0.15, 0.2) is 24.3 Å². The fourth-order valence-electron chi connectivity index (χ4n) is 1.58. The van der Waals surface area contributed by atoms with Crippen molar-refractivity contribution in [2.45, 2.75) is 31.3 Å². The summed E-state index contributed by atoms with van der Waals surface area (Å²) in [6.45, 7) is 4.65. The van der Waals surface area contributed by atoms with Crippen molar-refractivity contribution in [2.75, 3.05) is 16.8 Å². The van der Waals surface area contributed by atoms with Gasteiger partial charge in [0.2, 0.25) is 5.91 Å². The molecule has 0 saturated carbocycles. The normalized spacial score (nSPS) is 12.0. The maximum absolute atomic E-state index is 12.0. The average Bonchev–Trinajstić information content (AvgIpc) is 2.36. The lowest BCUT2D eigenvalue weighted by Gasteiger charge is -2.18. The van der Waals surface area contributed by atoms with E-state index < -0.39 is 32.2 Å². The molecule has 1 aromatic carbocycles. The number of hydrogen-bond acceptors (Lipinski definition) is 5. The van der Waals surface area contributed by atoms with E-state index in [1.165, 1.54) is 11.8 Å². The zero-order valence-electron chi connectivity index (χ0n) is 13.3. The van der Waals surface area contributed by atoms with Crippen LogP contribution in [0, 0.1) is 0 Å². The Hall–Kier alpha value is -1.54. The van der Waals surface area contributed by atoms with Crippen LogP contribution < -0.4 is 5.32 Å². The van der Waals surface area contributed by atoms with Crippen LogP contribution in [0.1, 0.15) is 26.3 Å². The maximum atomic E-state index is 12.0. The Labute approximate surface area is 140 Å². The lowest BCUT2D eigenvalue weighted by atomic mass is 10.2. The minimum absolute atomic E-state index is 0.000410. The molecule has 1 rings (SSSR count). The predicted octanol–water partition coefficient (Wildman–Crippen LogP) is 2.16. The summed E-state index contributed by atoms with van der Waals surface area (Å²) in [5.74, 6) is -1.55. The van der Waals surface area contributed by atoms with Crippen molar-refractivity contribution in [3.63, 3.8) is 0 Å². The summed E-state index contributed by atoms with van der Waals surface area (Å²) in [7, 11) is -3.53. The van der Waals surface area contributed by atoms with Gasteiger partial charge in [0.15, 0.2) is 9.84 Å². The SMILES string of the molecule is CC(C)(C)S(=O)(=O)CC(=O)Nc1cccc(CSCC(=O)O)c1. The Kier molecular flexibility index (Phi) is 6.64. The van der Waals surface area contributed by atoms with Gasteiger partial charge >= 0.3 is 5.97 Å². The molecule has 0 aliphatic rings. The van der Waals surface area contributed by atoms with Crippen LogP contribution in [-0.4, -0.2) is 41.7 Å². The summed E-state index contributed by atoms with van der Waals surface area (Å²) >= 11 is 1.25. The number of hydrogen-bond donors (Lipinski definition) is 2. The molecule has 6 nitrogen and oxygen atoms in total. The molecule has 8 heteroatoms. The number of sulfone groups is 1. The predicted molar refractivity (Wildman–Crippen MR) is 92.4 cm³/mol. The average molecular weight is 359 g/mol. The van der Waals surface area contributed by atoms with Crippen molar-refractivity contribution in [1.82, 2.24) is 0 Å². The van der Waals surface area contributed by atoms with E-state index in [0.717, 1.165) is 5.56 Å². The first kappa shape index (κ1) is 19.5. The first-order chi connectivity index (χ1) is 10.5. The van der Waals surface area contributed by atoms with Gasteiger partial charge in [0.05, 0.1) is 10.5 Å². The number of aliphatic carboxylic acids is 1. The Balaban J connectivity index is 2.67. The molecule has 0 aromatic heterocycles. The van der Waals surface area contributed by atoms with Crippen molar-refractivity contribution in [3.05, 3.63) is 29.8 Å². The molecule has 0 atom stereocenters. The Morgan fingerprint density at radius 3 is 2.48 bits per heavy atom. The van der Waals surface area contributed by atoms with Crippen molar-refractivity contribution < 1.29 is 23.1 Å². The second-order valence-electron chi connectivity index (χ2n) is 6.01. The largest absolute Gasteiger partial charge is 0.481 e. The number of nitrogens with one attached hydrogen (secondary N) is 1. The summed E-state index contributed by atoms with van der Waals surface area (Å²) in [6.07, 6.45) is 0. The van der Waals surface area contributed by atoms with Gasteiger partial charge in [0.1, 0.15) is 5.75 Å². The van der Waals surface area contributed by atoms with Gasteiger partial charge in [-0.2, -0.15) is 0 Å². The van der Waals surface area contributed by atoms with E-state index in [1.54, 1.807) is 39.0 Å². The summed E-state index contributed by atoms with van der Waals surface area (Å²) in [4.78, 5) is 22.4. The van der Waals surface area contributed by atoms with E-state index in [1.807, 2.05) is 6.07 Å². The highest BCUT2D eigenvalue weighted by molar-refractivity contribution is 7.99. The number of carboxylic acid groups (broad SMARTS) is 1. The van der Waals surface area contributed by atoms with E-state index in [-0.39, 0.29) is 5.75 Å². The molecule has 0 bridgehead atoms. The molecule has 0 fully saturated rings. The third-order valence-electron chi connectivity index (χ3n) is 2.96. The highest BCUT2D eigenvalue weighted by atomic mass is 32.2. The number of thioether (sulfide) groups is 1. The first-order valence-electron chi connectivity index (χ1n) is 6.92. The Morgan fingerprint density at radius 2 is 1.91 bits per heavy atom.